The minimum atomic E-state index is -0.264. The van der Waals surface area contributed by atoms with Gasteiger partial charge in [-0.25, -0.2) is 0 Å². The van der Waals surface area contributed by atoms with Crippen LogP contribution in [0.25, 0.3) is 0 Å². The van der Waals surface area contributed by atoms with Crippen LogP contribution in [0.4, 0.5) is 0 Å². The normalized spacial score (nSPS) is 21.2. The van der Waals surface area contributed by atoms with Gasteiger partial charge in [-0.15, -0.1) is 23.5 Å². The lowest BCUT2D eigenvalue weighted by Crippen LogP contribution is -2.09. The molecule has 0 fully saturated rings. The van der Waals surface area contributed by atoms with Crippen molar-refractivity contribution < 1.29 is 4.79 Å². The zero-order valence-electron chi connectivity index (χ0n) is 8.47. The van der Waals surface area contributed by atoms with Gasteiger partial charge in [-0.3, -0.25) is 4.79 Å². The second kappa shape index (κ2) is 6.15. The third kappa shape index (κ3) is 3.29. The zero-order valence-corrected chi connectivity index (χ0v) is 11.7. The molecule has 2 rings (SSSR count). The monoisotopic (exact) mass is 290 g/mol. The number of rotatable bonds is 5. The molecule has 1 aliphatic heterocycles. The number of thioether (sulfide) groups is 2. The Labute approximate surface area is 113 Å². The van der Waals surface area contributed by atoms with Crippen LogP contribution >= 0.6 is 46.5 Å². The van der Waals surface area contributed by atoms with E-state index in [4.69, 9.17) is 11.6 Å². The predicted molar refractivity (Wildman–Crippen MR) is 75.5 cm³/mol. The Hall–Kier alpha value is 0.1000. The topological polar surface area (TPSA) is 17.1 Å². The third-order valence-electron chi connectivity index (χ3n) is 2.35. The summed E-state index contributed by atoms with van der Waals surface area (Å²) in [7, 11) is 0. The molecule has 1 nitrogen and oxygen atoms in total. The standard InChI is InChI=1S/C11H11ClOS3/c12-10(13)7-16-11(8-1-3-14-5-8)9-2-4-15-6-9/h1-5,9,11H,6-7H2. The van der Waals surface area contributed by atoms with Crippen molar-refractivity contribution in [1.29, 1.82) is 0 Å². The lowest BCUT2D eigenvalue weighted by atomic mass is 10.0. The molecule has 0 bridgehead atoms. The molecule has 1 aromatic rings. The van der Waals surface area contributed by atoms with E-state index < -0.39 is 0 Å². The van der Waals surface area contributed by atoms with Gasteiger partial charge in [0.05, 0.1) is 5.75 Å². The van der Waals surface area contributed by atoms with E-state index in [1.807, 2.05) is 11.8 Å². The highest BCUT2D eigenvalue weighted by Gasteiger charge is 2.24. The van der Waals surface area contributed by atoms with Crippen LogP contribution in [0.3, 0.4) is 0 Å². The first-order chi connectivity index (χ1) is 7.77. The summed E-state index contributed by atoms with van der Waals surface area (Å²) in [6.45, 7) is 0. The molecule has 16 heavy (non-hydrogen) atoms. The van der Waals surface area contributed by atoms with Gasteiger partial charge in [0, 0.05) is 16.9 Å². The Morgan fingerprint density at radius 2 is 2.56 bits per heavy atom. The van der Waals surface area contributed by atoms with Gasteiger partial charge in [0.25, 0.3) is 0 Å². The largest absolute Gasteiger partial charge is 0.280 e. The Morgan fingerprint density at radius 3 is 3.12 bits per heavy atom. The highest BCUT2D eigenvalue weighted by molar-refractivity contribution is 8.02. The van der Waals surface area contributed by atoms with Crippen LogP contribution in [-0.2, 0) is 4.79 Å². The fraction of sp³-hybridized carbons (Fsp3) is 0.364. The predicted octanol–water partition coefficient (Wildman–Crippen LogP) is 4.16. The molecule has 2 heterocycles. The molecule has 0 spiro atoms. The van der Waals surface area contributed by atoms with Crippen LogP contribution in [0.15, 0.2) is 28.3 Å². The summed E-state index contributed by atoms with van der Waals surface area (Å²) in [6, 6.07) is 2.14. The number of halogens is 1. The first-order valence-corrected chi connectivity index (χ1v) is 8.29. The van der Waals surface area contributed by atoms with E-state index in [2.05, 4.69) is 28.3 Å². The van der Waals surface area contributed by atoms with Crippen molar-refractivity contribution in [3.63, 3.8) is 0 Å². The van der Waals surface area contributed by atoms with Crippen LogP contribution in [-0.4, -0.2) is 16.7 Å². The van der Waals surface area contributed by atoms with E-state index in [1.165, 1.54) is 5.56 Å². The number of carbonyl (C=O) groups is 1. The molecule has 1 aliphatic rings. The molecule has 2 atom stereocenters. The smallest absolute Gasteiger partial charge is 0.231 e. The first kappa shape index (κ1) is 12.6. The summed E-state index contributed by atoms with van der Waals surface area (Å²) in [5.41, 5.74) is 1.31. The molecule has 0 saturated carbocycles. The van der Waals surface area contributed by atoms with E-state index in [9.17, 15) is 4.79 Å². The average molecular weight is 291 g/mol. The Balaban J connectivity index is 2.06. The lowest BCUT2D eigenvalue weighted by molar-refractivity contribution is -0.109. The van der Waals surface area contributed by atoms with Gasteiger partial charge in [-0.2, -0.15) is 11.3 Å². The number of carbonyl (C=O) groups excluding carboxylic acids is 1. The number of thiophene rings is 1. The van der Waals surface area contributed by atoms with E-state index >= 15 is 0 Å². The summed E-state index contributed by atoms with van der Waals surface area (Å²) in [5.74, 6) is 2.00. The van der Waals surface area contributed by atoms with E-state index in [0.29, 0.717) is 16.9 Å². The molecule has 0 aliphatic carbocycles. The first-order valence-electron chi connectivity index (χ1n) is 4.87. The Kier molecular flexibility index (Phi) is 4.82. The van der Waals surface area contributed by atoms with Gasteiger partial charge < -0.3 is 0 Å². The SMILES string of the molecule is O=C(Cl)CSC(c1ccsc1)C1C=CSC1. The summed E-state index contributed by atoms with van der Waals surface area (Å²) in [4.78, 5) is 10.9. The maximum absolute atomic E-state index is 10.9. The van der Waals surface area contributed by atoms with Gasteiger partial charge in [0.1, 0.15) is 0 Å². The van der Waals surface area contributed by atoms with Crippen LogP contribution in [0.5, 0.6) is 0 Å². The van der Waals surface area contributed by atoms with Crippen molar-refractivity contribution in [2.45, 2.75) is 5.25 Å². The zero-order chi connectivity index (χ0) is 11.4. The summed E-state index contributed by atoms with van der Waals surface area (Å²) < 4.78 is 0. The maximum atomic E-state index is 10.9. The number of hydrogen-bond acceptors (Lipinski definition) is 4. The fourth-order valence-corrected chi connectivity index (χ4v) is 4.75. The minimum Gasteiger partial charge on any atom is -0.280 e. The summed E-state index contributed by atoms with van der Waals surface area (Å²) >= 11 is 10.6. The van der Waals surface area contributed by atoms with E-state index in [-0.39, 0.29) is 5.24 Å². The average Bonchev–Trinajstić information content (AvgIpc) is 2.88. The van der Waals surface area contributed by atoms with Gasteiger partial charge >= 0.3 is 0 Å². The summed E-state index contributed by atoms with van der Waals surface area (Å²) in [6.07, 6.45) is 2.23. The molecule has 0 N–H and O–H groups in total. The van der Waals surface area contributed by atoms with Crippen molar-refractivity contribution in [3.8, 4) is 0 Å². The van der Waals surface area contributed by atoms with Crippen molar-refractivity contribution in [1.82, 2.24) is 0 Å². The highest BCUT2D eigenvalue weighted by atomic mass is 35.5. The minimum absolute atomic E-state index is 0.264. The molecule has 5 heteroatoms. The molecule has 1 aromatic heterocycles. The van der Waals surface area contributed by atoms with Crippen molar-refractivity contribution >= 4 is 51.7 Å². The second-order valence-corrected chi connectivity index (χ2v) is 6.74. The van der Waals surface area contributed by atoms with Crippen LogP contribution < -0.4 is 0 Å². The molecule has 0 saturated heterocycles. The van der Waals surface area contributed by atoms with Gasteiger partial charge in [0.15, 0.2) is 0 Å². The van der Waals surface area contributed by atoms with Crippen LogP contribution in [0.2, 0.25) is 0 Å². The molecule has 0 radical (unpaired) electrons. The van der Waals surface area contributed by atoms with Gasteiger partial charge in [-0.1, -0.05) is 6.08 Å². The van der Waals surface area contributed by atoms with Crippen LogP contribution in [0.1, 0.15) is 10.8 Å². The fourth-order valence-electron chi connectivity index (χ4n) is 1.63. The number of hydrogen-bond donors (Lipinski definition) is 0. The van der Waals surface area contributed by atoms with Gasteiger partial charge in [-0.05, 0) is 39.4 Å². The third-order valence-corrected chi connectivity index (χ3v) is 5.68. The van der Waals surface area contributed by atoms with Crippen molar-refractivity contribution in [2.24, 2.45) is 5.92 Å². The van der Waals surface area contributed by atoms with E-state index in [0.717, 1.165) is 5.75 Å². The quantitative estimate of drug-likeness (QED) is 0.758. The summed E-state index contributed by atoms with van der Waals surface area (Å²) in [5, 5.41) is 6.48. The van der Waals surface area contributed by atoms with Crippen LogP contribution in [0, 0.1) is 5.92 Å². The Morgan fingerprint density at radius 1 is 1.69 bits per heavy atom. The van der Waals surface area contributed by atoms with Crippen molar-refractivity contribution in [3.05, 3.63) is 33.9 Å². The van der Waals surface area contributed by atoms with Crippen molar-refractivity contribution in [2.75, 3.05) is 11.5 Å². The Bertz CT molecular complexity index is 375. The molecule has 86 valence electrons. The molecule has 2 unspecified atom stereocenters. The molecular formula is C11H11ClOS3. The second-order valence-electron chi connectivity index (χ2n) is 3.47. The maximum Gasteiger partial charge on any atom is 0.231 e. The molecular weight excluding hydrogens is 280 g/mol. The van der Waals surface area contributed by atoms with E-state index in [1.54, 1.807) is 23.1 Å². The molecule has 0 aromatic carbocycles. The lowest BCUT2D eigenvalue weighted by Gasteiger charge is -2.19. The highest BCUT2D eigenvalue weighted by Crippen LogP contribution is 2.42. The molecule has 0 amide bonds. The van der Waals surface area contributed by atoms with Gasteiger partial charge in [0.2, 0.25) is 5.24 Å². The number of allylic oxidation sites excluding steroid dienone is 1.